The van der Waals surface area contributed by atoms with Gasteiger partial charge >= 0.3 is 0 Å². The number of ether oxygens (including phenoxy) is 2. The molecule has 1 aliphatic heterocycles. The maximum Gasteiger partial charge on any atom is 0.228 e. The van der Waals surface area contributed by atoms with Crippen molar-refractivity contribution < 1.29 is 13.9 Å². The number of hydrogen-bond donors (Lipinski definition) is 0. The first-order chi connectivity index (χ1) is 11.1. The molecule has 2 aromatic heterocycles. The first kappa shape index (κ1) is 16.4. The Morgan fingerprint density at radius 3 is 2.83 bits per heavy atom. The Labute approximate surface area is 142 Å². The minimum atomic E-state index is -0.734. The minimum absolute atomic E-state index is 0.00798. The second-order valence-electron chi connectivity index (χ2n) is 4.95. The third-order valence-corrected chi connectivity index (χ3v) is 3.89. The van der Waals surface area contributed by atoms with Crippen LogP contribution in [0.4, 0.5) is 10.2 Å². The van der Waals surface area contributed by atoms with Gasteiger partial charge in [-0.15, -0.1) is 0 Å². The van der Waals surface area contributed by atoms with Crippen LogP contribution >= 0.6 is 23.2 Å². The predicted octanol–water partition coefficient (Wildman–Crippen LogP) is 3.10. The van der Waals surface area contributed by atoms with Crippen LogP contribution < -0.4 is 9.64 Å². The Morgan fingerprint density at radius 2 is 2.04 bits per heavy atom. The van der Waals surface area contributed by atoms with Gasteiger partial charge < -0.3 is 14.4 Å². The fourth-order valence-electron chi connectivity index (χ4n) is 2.50. The Balaban J connectivity index is 2.24. The Morgan fingerprint density at radius 1 is 1.22 bits per heavy atom. The molecular formula is C14H15Cl2FN4O2. The smallest absolute Gasteiger partial charge is 0.228 e. The van der Waals surface area contributed by atoms with E-state index in [-0.39, 0.29) is 21.8 Å². The van der Waals surface area contributed by atoms with Gasteiger partial charge in [-0.3, -0.25) is 0 Å². The summed E-state index contributed by atoms with van der Waals surface area (Å²) in [5.74, 6) is -0.0514. The van der Waals surface area contributed by atoms with Crippen LogP contribution in [0.2, 0.25) is 10.4 Å². The molecule has 2 aromatic rings. The van der Waals surface area contributed by atoms with Gasteiger partial charge in [-0.1, -0.05) is 11.6 Å². The van der Waals surface area contributed by atoms with E-state index in [9.17, 15) is 4.39 Å². The lowest BCUT2D eigenvalue weighted by Crippen LogP contribution is -2.27. The number of pyridine rings is 1. The highest BCUT2D eigenvalue weighted by molar-refractivity contribution is 6.31. The lowest BCUT2D eigenvalue weighted by atomic mass is 10.2. The molecule has 0 N–H and O–H groups in total. The highest BCUT2D eigenvalue weighted by atomic mass is 35.5. The standard InChI is InChI=1S/C14H15Cl2FN4O2/c1-2-23-13-8-10(9(17)11(15)19-13)18-14(16)20-12(8)21-4-3-6-22-7-5-21/h2-7H2,1H3. The van der Waals surface area contributed by atoms with Crippen molar-refractivity contribution in [2.75, 3.05) is 37.8 Å². The molecule has 0 aromatic carbocycles. The van der Waals surface area contributed by atoms with E-state index in [0.717, 1.165) is 6.42 Å². The summed E-state index contributed by atoms with van der Waals surface area (Å²) >= 11 is 11.8. The zero-order valence-corrected chi connectivity index (χ0v) is 14.0. The van der Waals surface area contributed by atoms with Gasteiger partial charge in [-0.2, -0.15) is 9.97 Å². The molecule has 1 aliphatic rings. The molecule has 0 aliphatic carbocycles. The normalized spacial score (nSPS) is 15.7. The molecule has 6 nitrogen and oxygen atoms in total. The topological polar surface area (TPSA) is 60.4 Å². The van der Waals surface area contributed by atoms with Crippen molar-refractivity contribution in [3.05, 3.63) is 16.3 Å². The lowest BCUT2D eigenvalue weighted by molar-refractivity contribution is 0.152. The maximum atomic E-state index is 14.4. The van der Waals surface area contributed by atoms with E-state index in [1.54, 1.807) is 6.92 Å². The SMILES string of the molecule is CCOc1nc(Cl)c(F)c2nc(Cl)nc(N3CCCOCC3)c12. The Bertz CT molecular complexity index is 724. The molecule has 3 heterocycles. The molecule has 0 unspecified atom stereocenters. The molecule has 0 bridgehead atoms. The number of halogens is 3. The summed E-state index contributed by atoms with van der Waals surface area (Å²) in [6.07, 6.45) is 0.830. The number of fused-ring (bicyclic) bond motifs is 1. The van der Waals surface area contributed by atoms with E-state index in [1.807, 2.05) is 4.90 Å². The van der Waals surface area contributed by atoms with Gasteiger partial charge in [0.15, 0.2) is 11.0 Å². The van der Waals surface area contributed by atoms with E-state index in [2.05, 4.69) is 15.0 Å². The number of hydrogen-bond acceptors (Lipinski definition) is 6. The molecule has 1 fully saturated rings. The molecule has 0 saturated carbocycles. The molecule has 0 amide bonds. The number of aromatic nitrogens is 3. The van der Waals surface area contributed by atoms with Gasteiger partial charge in [0.25, 0.3) is 0 Å². The van der Waals surface area contributed by atoms with Crippen LogP contribution in [0.5, 0.6) is 5.88 Å². The van der Waals surface area contributed by atoms with Crippen LogP contribution in [0.1, 0.15) is 13.3 Å². The van der Waals surface area contributed by atoms with Crippen LogP contribution in [0, 0.1) is 5.82 Å². The predicted molar refractivity (Wildman–Crippen MR) is 86.1 cm³/mol. The Kier molecular flexibility index (Phi) is 4.99. The van der Waals surface area contributed by atoms with Crippen LogP contribution in [0.3, 0.4) is 0 Å². The highest BCUT2D eigenvalue weighted by Gasteiger charge is 2.24. The molecular weight excluding hydrogens is 346 g/mol. The van der Waals surface area contributed by atoms with Crippen molar-refractivity contribution in [1.29, 1.82) is 0 Å². The third kappa shape index (κ3) is 3.27. The maximum absolute atomic E-state index is 14.4. The van der Waals surface area contributed by atoms with Gasteiger partial charge in [0.05, 0.1) is 13.2 Å². The van der Waals surface area contributed by atoms with Crippen molar-refractivity contribution in [3.8, 4) is 5.88 Å². The summed E-state index contributed by atoms with van der Waals surface area (Å²) in [7, 11) is 0. The van der Waals surface area contributed by atoms with Crippen molar-refractivity contribution in [2.24, 2.45) is 0 Å². The molecule has 3 rings (SSSR count). The number of anilines is 1. The average Bonchev–Trinajstić information content (AvgIpc) is 2.81. The second-order valence-corrected chi connectivity index (χ2v) is 5.64. The zero-order chi connectivity index (χ0) is 16.4. The van der Waals surface area contributed by atoms with Gasteiger partial charge in [-0.05, 0) is 24.9 Å². The van der Waals surface area contributed by atoms with Gasteiger partial charge in [0.2, 0.25) is 11.2 Å². The van der Waals surface area contributed by atoms with Crippen LogP contribution in [-0.4, -0.2) is 47.9 Å². The first-order valence-corrected chi connectivity index (χ1v) is 8.05. The van der Waals surface area contributed by atoms with Gasteiger partial charge in [0, 0.05) is 19.7 Å². The summed E-state index contributed by atoms with van der Waals surface area (Å²) in [5.41, 5.74) is 0.00798. The summed E-state index contributed by atoms with van der Waals surface area (Å²) < 4.78 is 25.3. The quantitative estimate of drug-likeness (QED) is 0.619. The van der Waals surface area contributed by atoms with Crippen LogP contribution in [-0.2, 0) is 4.74 Å². The first-order valence-electron chi connectivity index (χ1n) is 7.29. The van der Waals surface area contributed by atoms with E-state index < -0.39 is 5.82 Å². The summed E-state index contributed by atoms with van der Waals surface area (Å²) in [6, 6.07) is 0. The summed E-state index contributed by atoms with van der Waals surface area (Å²) in [5, 5.41) is 0.0159. The third-order valence-electron chi connectivity index (χ3n) is 3.47. The fourth-order valence-corrected chi connectivity index (χ4v) is 2.83. The van der Waals surface area contributed by atoms with Crippen molar-refractivity contribution >= 4 is 39.9 Å². The van der Waals surface area contributed by atoms with Crippen LogP contribution in [0.15, 0.2) is 0 Å². The summed E-state index contributed by atoms with van der Waals surface area (Å²) in [4.78, 5) is 14.2. The molecule has 1 saturated heterocycles. The van der Waals surface area contributed by atoms with E-state index in [4.69, 9.17) is 32.7 Å². The Hall–Kier alpha value is -1.44. The van der Waals surface area contributed by atoms with E-state index in [0.29, 0.717) is 44.1 Å². The molecule has 0 atom stereocenters. The van der Waals surface area contributed by atoms with Gasteiger partial charge in [-0.25, -0.2) is 9.37 Å². The zero-order valence-electron chi connectivity index (χ0n) is 12.5. The minimum Gasteiger partial charge on any atom is -0.477 e. The monoisotopic (exact) mass is 360 g/mol. The largest absolute Gasteiger partial charge is 0.477 e. The molecule has 23 heavy (non-hydrogen) atoms. The van der Waals surface area contributed by atoms with Gasteiger partial charge in [0.1, 0.15) is 16.7 Å². The fraction of sp³-hybridized carbons (Fsp3) is 0.500. The second kappa shape index (κ2) is 6.98. The van der Waals surface area contributed by atoms with E-state index >= 15 is 0 Å². The van der Waals surface area contributed by atoms with Crippen molar-refractivity contribution in [2.45, 2.75) is 13.3 Å². The van der Waals surface area contributed by atoms with Crippen molar-refractivity contribution in [1.82, 2.24) is 15.0 Å². The molecule has 0 spiro atoms. The van der Waals surface area contributed by atoms with E-state index in [1.165, 1.54) is 0 Å². The number of nitrogens with zero attached hydrogens (tertiary/aromatic N) is 4. The average molecular weight is 361 g/mol. The van der Waals surface area contributed by atoms with Crippen molar-refractivity contribution in [3.63, 3.8) is 0 Å². The molecule has 0 radical (unpaired) electrons. The lowest BCUT2D eigenvalue weighted by Gasteiger charge is -2.23. The highest BCUT2D eigenvalue weighted by Crippen LogP contribution is 2.36. The van der Waals surface area contributed by atoms with Crippen LogP contribution in [0.25, 0.3) is 10.9 Å². The molecule has 124 valence electrons. The summed E-state index contributed by atoms with van der Waals surface area (Å²) in [6.45, 7) is 4.70. The number of rotatable bonds is 3. The molecule has 9 heteroatoms.